The maximum absolute atomic E-state index is 11.2. The Hall–Kier alpha value is -0.180. The molecule has 0 N–H and O–H groups in total. The van der Waals surface area contributed by atoms with Crippen LogP contribution in [0.15, 0.2) is 0 Å². The average molecular weight is 175 g/mol. The minimum Gasteiger partial charge on any atom is -0.342 e. The van der Waals surface area contributed by atoms with E-state index in [-0.39, 0.29) is 5.91 Å². The summed E-state index contributed by atoms with van der Waals surface area (Å²) >= 11 is 1.78. The highest BCUT2D eigenvalue weighted by molar-refractivity contribution is 7.98. The molecule has 0 aliphatic heterocycles. The molecule has 0 rings (SSSR count). The zero-order valence-electron chi connectivity index (χ0n) is 7.59. The van der Waals surface area contributed by atoms with E-state index in [2.05, 4.69) is 6.26 Å². The first kappa shape index (κ1) is 10.8. The van der Waals surface area contributed by atoms with Gasteiger partial charge in [-0.2, -0.15) is 11.8 Å². The molecule has 0 aliphatic carbocycles. The van der Waals surface area contributed by atoms with Gasteiger partial charge in [0, 0.05) is 25.3 Å². The zero-order chi connectivity index (χ0) is 8.69. The van der Waals surface area contributed by atoms with E-state index in [4.69, 9.17) is 0 Å². The van der Waals surface area contributed by atoms with Gasteiger partial charge in [-0.1, -0.05) is 6.92 Å². The predicted molar refractivity (Wildman–Crippen MR) is 50.9 cm³/mol. The van der Waals surface area contributed by atoms with E-state index >= 15 is 0 Å². The minimum atomic E-state index is 0.265. The minimum absolute atomic E-state index is 0.265. The summed E-state index contributed by atoms with van der Waals surface area (Å²) in [7, 11) is 0. The summed E-state index contributed by atoms with van der Waals surface area (Å²) in [5, 5.41) is 0. The van der Waals surface area contributed by atoms with Gasteiger partial charge >= 0.3 is 0 Å². The second-order valence-corrected chi connectivity index (χ2v) is 3.31. The number of carbonyl (C=O) groups is 1. The van der Waals surface area contributed by atoms with Crippen LogP contribution in [0.1, 0.15) is 20.3 Å². The lowest BCUT2D eigenvalue weighted by molar-refractivity contribution is -0.130. The first-order valence-electron chi connectivity index (χ1n) is 4.02. The Labute approximate surface area is 73.3 Å². The third-order valence-corrected chi connectivity index (χ3v) is 2.19. The van der Waals surface area contributed by atoms with Gasteiger partial charge in [-0.15, -0.1) is 0 Å². The predicted octanol–water partition coefficient (Wildman–Crippen LogP) is 1.61. The lowest BCUT2D eigenvalue weighted by Crippen LogP contribution is -2.32. The Bertz CT molecular complexity index is 117. The van der Waals surface area contributed by atoms with Crippen LogP contribution in [0.5, 0.6) is 0 Å². The molecule has 0 aromatic carbocycles. The summed E-state index contributed by atoms with van der Waals surface area (Å²) in [5.41, 5.74) is 0. The molecule has 0 atom stereocenters. The molecule has 0 fully saturated rings. The SMILES string of the molecule is CCC(=O)N(CC)CCSC. The third-order valence-electron chi connectivity index (χ3n) is 1.60. The smallest absolute Gasteiger partial charge is 0.222 e. The van der Waals surface area contributed by atoms with Gasteiger partial charge in [-0.3, -0.25) is 4.79 Å². The Balaban J connectivity index is 3.65. The van der Waals surface area contributed by atoms with Crippen LogP contribution in [0.2, 0.25) is 0 Å². The van der Waals surface area contributed by atoms with E-state index < -0.39 is 0 Å². The summed E-state index contributed by atoms with van der Waals surface area (Å²) < 4.78 is 0. The maximum atomic E-state index is 11.2. The van der Waals surface area contributed by atoms with Crippen molar-refractivity contribution < 1.29 is 4.79 Å². The summed E-state index contributed by atoms with van der Waals surface area (Å²) in [6.45, 7) is 5.66. The number of nitrogens with zero attached hydrogens (tertiary/aromatic N) is 1. The van der Waals surface area contributed by atoms with Crippen LogP contribution in [0, 0.1) is 0 Å². The molecule has 0 aromatic rings. The van der Waals surface area contributed by atoms with Crippen LogP contribution in [0.25, 0.3) is 0 Å². The molecule has 2 nitrogen and oxygen atoms in total. The molecule has 0 saturated carbocycles. The highest BCUT2D eigenvalue weighted by atomic mass is 32.2. The lowest BCUT2D eigenvalue weighted by atomic mass is 10.4. The van der Waals surface area contributed by atoms with Crippen molar-refractivity contribution in [1.82, 2.24) is 4.90 Å². The molecule has 0 aromatic heterocycles. The third kappa shape index (κ3) is 4.30. The zero-order valence-corrected chi connectivity index (χ0v) is 8.41. The Morgan fingerprint density at radius 2 is 2.09 bits per heavy atom. The van der Waals surface area contributed by atoms with Crippen molar-refractivity contribution in [2.75, 3.05) is 25.1 Å². The van der Waals surface area contributed by atoms with Gasteiger partial charge in [0.15, 0.2) is 0 Å². The van der Waals surface area contributed by atoms with E-state index in [9.17, 15) is 4.79 Å². The molecule has 0 bridgehead atoms. The van der Waals surface area contributed by atoms with Gasteiger partial charge in [0.1, 0.15) is 0 Å². The van der Waals surface area contributed by atoms with Gasteiger partial charge in [-0.25, -0.2) is 0 Å². The van der Waals surface area contributed by atoms with Crippen molar-refractivity contribution in [1.29, 1.82) is 0 Å². The van der Waals surface area contributed by atoms with Gasteiger partial charge in [-0.05, 0) is 13.2 Å². The monoisotopic (exact) mass is 175 g/mol. The average Bonchev–Trinajstić information content (AvgIpc) is 2.05. The maximum Gasteiger partial charge on any atom is 0.222 e. The summed E-state index contributed by atoms with van der Waals surface area (Å²) in [6.07, 6.45) is 2.69. The van der Waals surface area contributed by atoms with E-state index in [0.717, 1.165) is 18.8 Å². The van der Waals surface area contributed by atoms with Gasteiger partial charge < -0.3 is 4.90 Å². The molecule has 3 heteroatoms. The van der Waals surface area contributed by atoms with Gasteiger partial charge in [0.05, 0.1) is 0 Å². The van der Waals surface area contributed by atoms with Crippen molar-refractivity contribution in [3.8, 4) is 0 Å². The Morgan fingerprint density at radius 3 is 2.45 bits per heavy atom. The molecule has 0 heterocycles. The quantitative estimate of drug-likeness (QED) is 0.632. The fourth-order valence-electron chi connectivity index (χ4n) is 0.884. The standard InChI is InChI=1S/C8H17NOS/c1-4-8(10)9(5-2)6-7-11-3/h4-7H2,1-3H3. The van der Waals surface area contributed by atoms with Crippen LogP contribution < -0.4 is 0 Å². The molecular formula is C8H17NOS. The number of amides is 1. The number of hydrogen-bond acceptors (Lipinski definition) is 2. The number of hydrogen-bond donors (Lipinski definition) is 0. The number of rotatable bonds is 5. The van der Waals surface area contributed by atoms with Crippen molar-refractivity contribution in [3.05, 3.63) is 0 Å². The number of thioether (sulfide) groups is 1. The van der Waals surface area contributed by atoms with Crippen LogP contribution in [0.4, 0.5) is 0 Å². The topological polar surface area (TPSA) is 20.3 Å². The molecule has 66 valence electrons. The molecule has 11 heavy (non-hydrogen) atoms. The first-order chi connectivity index (χ1) is 5.26. The van der Waals surface area contributed by atoms with E-state index in [0.29, 0.717) is 6.42 Å². The molecule has 0 aliphatic rings. The van der Waals surface area contributed by atoms with Crippen LogP contribution >= 0.6 is 11.8 Å². The van der Waals surface area contributed by atoms with E-state index in [1.54, 1.807) is 11.8 Å². The largest absolute Gasteiger partial charge is 0.342 e. The second-order valence-electron chi connectivity index (χ2n) is 2.32. The second kappa shape index (κ2) is 6.53. The van der Waals surface area contributed by atoms with E-state index in [1.165, 1.54) is 0 Å². The molecule has 1 amide bonds. The normalized spacial score (nSPS) is 9.73. The summed E-state index contributed by atoms with van der Waals surface area (Å²) in [5.74, 6) is 1.31. The molecule has 0 radical (unpaired) electrons. The Kier molecular flexibility index (Phi) is 6.42. The van der Waals surface area contributed by atoms with Crippen molar-refractivity contribution in [2.24, 2.45) is 0 Å². The molecule has 0 spiro atoms. The molecule has 0 saturated heterocycles. The molecular weight excluding hydrogens is 158 g/mol. The number of carbonyl (C=O) groups excluding carboxylic acids is 1. The summed E-state index contributed by atoms with van der Waals surface area (Å²) in [4.78, 5) is 13.1. The fourth-order valence-corrected chi connectivity index (χ4v) is 1.29. The summed E-state index contributed by atoms with van der Waals surface area (Å²) in [6, 6.07) is 0. The van der Waals surface area contributed by atoms with Crippen LogP contribution in [-0.4, -0.2) is 35.9 Å². The van der Waals surface area contributed by atoms with Gasteiger partial charge in [0.2, 0.25) is 5.91 Å². The highest BCUT2D eigenvalue weighted by Crippen LogP contribution is 1.97. The Morgan fingerprint density at radius 1 is 1.45 bits per heavy atom. The van der Waals surface area contributed by atoms with Crippen LogP contribution in [0.3, 0.4) is 0 Å². The molecule has 0 unspecified atom stereocenters. The van der Waals surface area contributed by atoms with E-state index in [1.807, 2.05) is 18.7 Å². The van der Waals surface area contributed by atoms with Crippen LogP contribution in [-0.2, 0) is 4.79 Å². The first-order valence-corrected chi connectivity index (χ1v) is 5.42. The fraction of sp³-hybridized carbons (Fsp3) is 0.875. The van der Waals surface area contributed by atoms with Crippen molar-refractivity contribution in [3.63, 3.8) is 0 Å². The van der Waals surface area contributed by atoms with Crippen molar-refractivity contribution >= 4 is 17.7 Å². The lowest BCUT2D eigenvalue weighted by Gasteiger charge is -2.19. The highest BCUT2D eigenvalue weighted by Gasteiger charge is 2.06. The van der Waals surface area contributed by atoms with Crippen molar-refractivity contribution in [2.45, 2.75) is 20.3 Å². The van der Waals surface area contributed by atoms with Gasteiger partial charge in [0.25, 0.3) is 0 Å².